The van der Waals surface area contributed by atoms with Gasteiger partial charge in [-0.3, -0.25) is 9.69 Å². The normalized spacial score (nSPS) is 20.0. The van der Waals surface area contributed by atoms with Crippen LogP contribution in [0, 0.1) is 0 Å². The van der Waals surface area contributed by atoms with Crippen LogP contribution in [0.15, 0.2) is 12.3 Å². The zero-order chi connectivity index (χ0) is 10.1. The predicted octanol–water partition coefficient (Wildman–Crippen LogP) is 0.498. The van der Waals surface area contributed by atoms with Crippen molar-refractivity contribution in [2.24, 2.45) is 0 Å². The van der Waals surface area contributed by atoms with Crippen LogP contribution in [-0.4, -0.2) is 40.6 Å². The number of likely N-dealkylation sites (N-methyl/N-ethyl adjacent to an activating group) is 1. The zero-order valence-electron chi connectivity index (χ0n) is 8.16. The molecule has 14 heavy (non-hydrogen) atoms. The summed E-state index contributed by atoms with van der Waals surface area (Å²) in [5.74, 6) is -0.761. The SMILES string of the molecule is CN(CC(=O)O)C1Cc2cc[nH]c2C1. The van der Waals surface area contributed by atoms with Crippen LogP contribution in [0.5, 0.6) is 0 Å². The van der Waals surface area contributed by atoms with Crippen LogP contribution in [-0.2, 0) is 17.6 Å². The summed E-state index contributed by atoms with van der Waals surface area (Å²) < 4.78 is 0. The molecule has 2 rings (SSSR count). The van der Waals surface area contributed by atoms with Crippen LogP contribution in [0.3, 0.4) is 0 Å². The number of aromatic amines is 1. The molecule has 1 aliphatic carbocycles. The lowest BCUT2D eigenvalue weighted by Gasteiger charge is -2.21. The predicted molar refractivity (Wildman–Crippen MR) is 52.3 cm³/mol. The Bertz CT molecular complexity index is 325. The van der Waals surface area contributed by atoms with E-state index < -0.39 is 5.97 Å². The number of aliphatic carboxylic acids is 1. The van der Waals surface area contributed by atoms with E-state index >= 15 is 0 Å². The van der Waals surface area contributed by atoms with Gasteiger partial charge in [-0.25, -0.2) is 0 Å². The van der Waals surface area contributed by atoms with Gasteiger partial charge in [-0.15, -0.1) is 0 Å². The Hall–Kier alpha value is -1.29. The monoisotopic (exact) mass is 194 g/mol. The van der Waals surface area contributed by atoms with Gasteiger partial charge >= 0.3 is 5.97 Å². The van der Waals surface area contributed by atoms with Crippen molar-refractivity contribution in [3.8, 4) is 0 Å². The minimum Gasteiger partial charge on any atom is -0.480 e. The molecule has 1 unspecified atom stereocenters. The Morgan fingerprint density at radius 3 is 3.14 bits per heavy atom. The molecule has 1 aliphatic rings. The van der Waals surface area contributed by atoms with E-state index in [0.717, 1.165) is 12.8 Å². The summed E-state index contributed by atoms with van der Waals surface area (Å²) in [4.78, 5) is 15.6. The lowest BCUT2D eigenvalue weighted by molar-refractivity contribution is -0.138. The number of carbonyl (C=O) groups is 1. The highest BCUT2D eigenvalue weighted by Crippen LogP contribution is 2.23. The maximum Gasteiger partial charge on any atom is 0.317 e. The van der Waals surface area contributed by atoms with E-state index in [4.69, 9.17) is 5.11 Å². The topological polar surface area (TPSA) is 56.3 Å². The molecule has 0 saturated heterocycles. The van der Waals surface area contributed by atoms with Crippen molar-refractivity contribution in [1.29, 1.82) is 0 Å². The maximum absolute atomic E-state index is 10.5. The molecule has 0 saturated carbocycles. The fourth-order valence-electron chi connectivity index (χ4n) is 2.03. The van der Waals surface area contributed by atoms with Crippen molar-refractivity contribution >= 4 is 5.97 Å². The minimum atomic E-state index is -0.761. The highest BCUT2D eigenvalue weighted by atomic mass is 16.4. The van der Waals surface area contributed by atoms with Crippen molar-refractivity contribution in [3.05, 3.63) is 23.5 Å². The highest BCUT2D eigenvalue weighted by molar-refractivity contribution is 5.69. The van der Waals surface area contributed by atoms with Crippen molar-refractivity contribution < 1.29 is 9.90 Å². The third-order valence-corrected chi connectivity index (χ3v) is 2.83. The first-order valence-corrected chi connectivity index (χ1v) is 4.74. The Balaban J connectivity index is 1.97. The summed E-state index contributed by atoms with van der Waals surface area (Å²) in [7, 11) is 1.87. The van der Waals surface area contributed by atoms with Crippen LogP contribution in [0.2, 0.25) is 0 Å². The van der Waals surface area contributed by atoms with Crippen molar-refractivity contribution in [3.63, 3.8) is 0 Å². The number of hydrogen-bond acceptors (Lipinski definition) is 2. The van der Waals surface area contributed by atoms with Crippen molar-refractivity contribution in [2.45, 2.75) is 18.9 Å². The van der Waals surface area contributed by atoms with E-state index in [2.05, 4.69) is 11.1 Å². The summed E-state index contributed by atoms with van der Waals surface area (Å²) in [5, 5.41) is 8.66. The molecule has 1 aromatic heterocycles. The molecule has 1 heterocycles. The van der Waals surface area contributed by atoms with E-state index in [-0.39, 0.29) is 6.54 Å². The second-order valence-corrected chi connectivity index (χ2v) is 3.85. The van der Waals surface area contributed by atoms with E-state index in [1.807, 2.05) is 18.1 Å². The van der Waals surface area contributed by atoms with E-state index in [0.29, 0.717) is 6.04 Å². The van der Waals surface area contributed by atoms with Crippen LogP contribution in [0.1, 0.15) is 11.3 Å². The third kappa shape index (κ3) is 1.65. The Morgan fingerprint density at radius 1 is 1.71 bits per heavy atom. The average Bonchev–Trinajstić information content (AvgIpc) is 2.58. The van der Waals surface area contributed by atoms with Crippen molar-refractivity contribution in [2.75, 3.05) is 13.6 Å². The number of fused-ring (bicyclic) bond motifs is 1. The molecule has 76 valence electrons. The lowest BCUT2D eigenvalue weighted by Crippen LogP contribution is -2.36. The Kier molecular flexibility index (Phi) is 2.29. The van der Waals surface area contributed by atoms with Gasteiger partial charge in [0.25, 0.3) is 0 Å². The average molecular weight is 194 g/mol. The van der Waals surface area contributed by atoms with Gasteiger partial charge in [-0.1, -0.05) is 0 Å². The smallest absolute Gasteiger partial charge is 0.317 e. The molecule has 0 fully saturated rings. The quantitative estimate of drug-likeness (QED) is 0.736. The van der Waals surface area contributed by atoms with Crippen LogP contribution in [0.4, 0.5) is 0 Å². The number of aromatic nitrogens is 1. The molecule has 0 spiro atoms. The summed E-state index contributed by atoms with van der Waals surface area (Å²) in [6.07, 6.45) is 3.84. The molecule has 0 amide bonds. The van der Waals surface area contributed by atoms with Gasteiger partial charge in [0.15, 0.2) is 0 Å². The van der Waals surface area contributed by atoms with Gasteiger partial charge in [-0.2, -0.15) is 0 Å². The lowest BCUT2D eigenvalue weighted by atomic mass is 10.2. The fourth-order valence-corrected chi connectivity index (χ4v) is 2.03. The Labute approximate surface area is 82.5 Å². The number of H-pyrrole nitrogens is 1. The van der Waals surface area contributed by atoms with Gasteiger partial charge in [0, 0.05) is 24.4 Å². The molecule has 0 aromatic carbocycles. The zero-order valence-corrected chi connectivity index (χ0v) is 8.16. The summed E-state index contributed by atoms with van der Waals surface area (Å²) >= 11 is 0. The Morgan fingerprint density at radius 2 is 2.50 bits per heavy atom. The number of carboxylic acids is 1. The number of hydrogen-bond donors (Lipinski definition) is 2. The first-order valence-electron chi connectivity index (χ1n) is 4.74. The van der Waals surface area contributed by atoms with Crippen LogP contribution < -0.4 is 0 Å². The first-order chi connectivity index (χ1) is 6.66. The van der Waals surface area contributed by atoms with Crippen molar-refractivity contribution in [1.82, 2.24) is 9.88 Å². The minimum absolute atomic E-state index is 0.120. The largest absolute Gasteiger partial charge is 0.480 e. The van der Waals surface area contributed by atoms with Gasteiger partial charge in [0.2, 0.25) is 0 Å². The van der Waals surface area contributed by atoms with Crippen LogP contribution in [0.25, 0.3) is 0 Å². The van der Waals surface area contributed by atoms with E-state index in [9.17, 15) is 4.79 Å². The fraction of sp³-hybridized carbons (Fsp3) is 0.500. The summed E-state index contributed by atoms with van der Waals surface area (Å²) in [6, 6.07) is 2.41. The van der Waals surface area contributed by atoms with E-state index in [1.165, 1.54) is 11.3 Å². The molecule has 4 heteroatoms. The summed E-state index contributed by atoms with van der Waals surface area (Å²) in [6.45, 7) is 0.120. The maximum atomic E-state index is 10.5. The first kappa shape index (κ1) is 9.27. The second-order valence-electron chi connectivity index (χ2n) is 3.85. The molecule has 1 atom stereocenters. The van der Waals surface area contributed by atoms with E-state index in [1.54, 1.807) is 0 Å². The van der Waals surface area contributed by atoms with Gasteiger partial charge < -0.3 is 10.1 Å². The molecule has 0 aliphatic heterocycles. The number of carboxylic acid groups (broad SMARTS) is 1. The molecule has 0 bridgehead atoms. The molecule has 0 radical (unpaired) electrons. The molecule has 1 aromatic rings. The number of nitrogens with one attached hydrogen (secondary N) is 1. The summed E-state index contributed by atoms with van der Waals surface area (Å²) in [5.41, 5.74) is 2.58. The standard InChI is InChI=1S/C10H14N2O2/c1-12(6-10(13)14)8-4-7-2-3-11-9(7)5-8/h2-3,8,11H,4-6H2,1H3,(H,13,14). The molecule has 2 N–H and O–H groups in total. The highest BCUT2D eigenvalue weighted by Gasteiger charge is 2.26. The van der Waals surface area contributed by atoms with Gasteiger partial charge in [0.05, 0.1) is 6.54 Å². The number of rotatable bonds is 3. The second kappa shape index (κ2) is 3.46. The molecule has 4 nitrogen and oxygen atoms in total. The molecular weight excluding hydrogens is 180 g/mol. The number of nitrogens with zero attached hydrogens (tertiary/aromatic N) is 1. The van der Waals surface area contributed by atoms with Crippen LogP contribution >= 0.6 is 0 Å². The third-order valence-electron chi connectivity index (χ3n) is 2.83. The molecular formula is C10H14N2O2. The van der Waals surface area contributed by atoms with Gasteiger partial charge in [-0.05, 0) is 25.1 Å². The van der Waals surface area contributed by atoms with Gasteiger partial charge in [0.1, 0.15) is 0 Å².